The minimum absolute atomic E-state index is 0.0212. The number of anilines is 2. The molecule has 0 saturated carbocycles. The molecule has 2 aromatic carbocycles. The number of hydrogen-bond donors (Lipinski definition) is 3. The Morgan fingerprint density at radius 2 is 1.82 bits per heavy atom. The average molecular weight is 540 g/mol. The molecule has 4 rings (SSSR count). The highest BCUT2D eigenvalue weighted by molar-refractivity contribution is 7.89. The lowest BCUT2D eigenvalue weighted by Crippen LogP contribution is -2.45. The molecule has 0 spiro atoms. The van der Waals surface area contributed by atoms with Crippen molar-refractivity contribution in [1.82, 2.24) is 13.9 Å². The number of amides is 1. The van der Waals surface area contributed by atoms with Crippen LogP contribution in [-0.4, -0.2) is 58.4 Å². The van der Waals surface area contributed by atoms with E-state index < -0.39 is 16.0 Å². The monoisotopic (exact) mass is 539 g/mol. The van der Waals surface area contributed by atoms with Crippen molar-refractivity contribution < 1.29 is 23.1 Å². The number of aromatic nitrogens is 2. The van der Waals surface area contributed by atoms with Crippen molar-refractivity contribution in [3.63, 3.8) is 0 Å². The van der Waals surface area contributed by atoms with Crippen LogP contribution in [-0.2, 0) is 22.5 Å². The number of aryl methyl sites for hydroxylation is 1. The van der Waals surface area contributed by atoms with Gasteiger partial charge in [-0.3, -0.25) is 4.79 Å². The Kier molecular flexibility index (Phi) is 7.61. The molecular weight excluding hydrogens is 506 g/mol. The smallest absolute Gasteiger partial charge is 0.337 e. The van der Waals surface area contributed by atoms with Crippen LogP contribution in [0, 0.1) is 0 Å². The van der Waals surface area contributed by atoms with Crippen molar-refractivity contribution in [2.24, 2.45) is 7.05 Å². The first-order chi connectivity index (χ1) is 17.8. The van der Waals surface area contributed by atoms with Crippen molar-refractivity contribution in [3.8, 4) is 0 Å². The van der Waals surface area contributed by atoms with Crippen LogP contribution in [0.3, 0.4) is 0 Å². The third-order valence-electron chi connectivity index (χ3n) is 6.55. The molecule has 1 saturated heterocycles. The van der Waals surface area contributed by atoms with Crippen LogP contribution in [0.1, 0.15) is 59.9 Å². The molecule has 1 fully saturated rings. The van der Waals surface area contributed by atoms with Crippen LogP contribution in [0.5, 0.6) is 0 Å². The summed E-state index contributed by atoms with van der Waals surface area (Å²) >= 11 is 0. The van der Waals surface area contributed by atoms with Crippen LogP contribution < -0.4 is 10.6 Å². The SMILES string of the molecule is Cn1cnc(S(=O)(=O)N2CCCC(Nc3cc(NC(=O)c4ccc(C(C)(C)C)cc4)ccc3C(=O)O)C2)c1. The van der Waals surface area contributed by atoms with E-state index in [1.807, 2.05) is 12.1 Å². The quantitative estimate of drug-likeness (QED) is 0.414. The number of nitrogens with zero attached hydrogens (tertiary/aromatic N) is 3. The lowest BCUT2D eigenvalue weighted by atomic mass is 9.87. The van der Waals surface area contributed by atoms with Crippen LogP contribution in [0.15, 0.2) is 60.0 Å². The molecule has 11 heteroatoms. The molecule has 1 aromatic heterocycles. The third kappa shape index (κ3) is 6.05. The van der Waals surface area contributed by atoms with Gasteiger partial charge in [0.15, 0.2) is 5.03 Å². The Hall–Kier alpha value is -3.70. The Balaban J connectivity index is 1.51. The Bertz CT molecular complexity index is 1440. The summed E-state index contributed by atoms with van der Waals surface area (Å²) in [5.74, 6) is -1.44. The lowest BCUT2D eigenvalue weighted by molar-refractivity contribution is 0.0697. The van der Waals surface area contributed by atoms with Crippen molar-refractivity contribution in [2.75, 3.05) is 23.7 Å². The number of carboxylic acids is 1. The van der Waals surface area contributed by atoms with E-state index in [0.717, 1.165) is 5.56 Å². The number of aromatic carboxylic acids is 1. The molecule has 0 bridgehead atoms. The summed E-state index contributed by atoms with van der Waals surface area (Å²) in [6.45, 7) is 6.81. The number of sulfonamides is 1. The number of benzene rings is 2. The number of carbonyl (C=O) groups is 2. The van der Waals surface area contributed by atoms with Crippen LogP contribution >= 0.6 is 0 Å². The fraction of sp³-hybridized carbons (Fsp3) is 0.370. The number of carboxylic acid groups (broad SMARTS) is 1. The largest absolute Gasteiger partial charge is 0.478 e. The fourth-order valence-corrected chi connectivity index (χ4v) is 5.90. The molecule has 38 heavy (non-hydrogen) atoms. The van der Waals surface area contributed by atoms with Crippen molar-refractivity contribution >= 4 is 33.3 Å². The maximum absolute atomic E-state index is 13.0. The van der Waals surface area contributed by atoms with E-state index >= 15 is 0 Å². The first-order valence-corrected chi connectivity index (χ1v) is 13.8. The zero-order valence-corrected chi connectivity index (χ0v) is 22.7. The highest BCUT2D eigenvalue weighted by Gasteiger charge is 2.32. The van der Waals surface area contributed by atoms with Gasteiger partial charge in [0, 0.05) is 43.6 Å². The third-order valence-corrected chi connectivity index (χ3v) is 8.30. The van der Waals surface area contributed by atoms with Crippen molar-refractivity contribution in [3.05, 3.63) is 71.7 Å². The molecular formula is C27H33N5O5S. The number of nitrogens with one attached hydrogen (secondary N) is 2. The van der Waals surface area contributed by atoms with E-state index in [2.05, 4.69) is 36.4 Å². The number of imidazole rings is 1. The number of carbonyl (C=O) groups excluding carboxylic acids is 1. The first kappa shape index (κ1) is 27.3. The topological polar surface area (TPSA) is 134 Å². The van der Waals surface area contributed by atoms with Gasteiger partial charge < -0.3 is 20.3 Å². The molecule has 1 unspecified atom stereocenters. The van der Waals surface area contributed by atoms with Crippen LogP contribution in [0.4, 0.5) is 11.4 Å². The second-order valence-electron chi connectivity index (χ2n) is 10.6. The highest BCUT2D eigenvalue weighted by atomic mass is 32.2. The molecule has 202 valence electrons. The van der Waals surface area contributed by atoms with Gasteiger partial charge in [-0.15, -0.1) is 0 Å². The van der Waals surface area contributed by atoms with E-state index in [9.17, 15) is 23.1 Å². The second-order valence-corrected chi connectivity index (χ2v) is 12.5. The van der Waals surface area contributed by atoms with Crippen molar-refractivity contribution in [2.45, 2.75) is 50.1 Å². The number of rotatable bonds is 7. The maximum Gasteiger partial charge on any atom is 0.337 e. The molecule has 10 nitrogen and oxygen atoms in total. The molecule has 3 aromatic rings. The highest BCUT2D eigenvalue weighted by Crippen LogP contribution is 2.27. The van der Waals surface area contributed by atoms with E-state index in [1.165, 1.54) is 29.0 Å². The zero-order valence-electron chi connectivity index (χ0n) is 21.9. The van der Waals surface area contributed by atoms with Gasteiger partial charge in [-0.1, -0.05) is 32.9 Å². The van der Waals surface area contributed by atoms with Gasteiger partial charge in [-0.2, -0.15) is 4.31 Å². The standard InChI is InChI=1S/C27H33N5O5S/c1-27(2,3)19-9-7-18(8-10-19)25(33)30-20-11-12-22(26(34)35)23(14-20)29-21-6-5-13-32(15-21)38(36,37)24-16-31(4)17-28-24/h7-12,14,16-17,21,29H,5-6,13,15H2,1-4H3,(H,30,33)(H,34,35). The number of piperidine rings is 1. The van der Waals surface area contributed by atoms with Crippen molar-refractivity contribution in [1.29, 1.82) is 0 Å². The molecule has 2 heterocycles. The summed E-state index contributed by atoms with van der Waals surface area (Å²) < 4.78 is 29.0. The first-order valence-electron chi connectivity index (χ1n) is 12.4. The normalized spacial score (nSPS) is 16.7. The minimum atomic E-state index is -3.77. The van der Waals surface area contributed by atoms with E-state index in [4.69, 9.17) is 0 Å². The molecule has 1 amide bonds. The van der Waals surface area contributed by atoms with Gasteiger partial charge in [-0.25, -0.2) is 18.2 Å². The summed E-state index contributed by atoms with van der Waals surface area (Å²) in [5, 5.41) is 15.7. The predicted octanol–water partition coefficient (Wildman–Crippen LogP) is 3.93. The van der Waals surface area contributed by atoms with Crippen LogP contribution in [0.25, 0.3) is 0 Å². The van der Waals surface area contributed by atoms with E-state index in [0.29, 0.717) is 36.3 Å². The predicted molar refractivity (Wildman–Crippen MR) is 145 cm³/mol. The fourth-order valence-electron chi connectivity index (χ4n) is 4.41. The summed E-state index contributed by atoms with van der Waals surface area (Å²) in [4.78, 5) is 28.7. The Labute approximate surface area is 222 Å². The Morgan fingerprint density at radius 3 is 2.42 bits per heavy atom. The zero-order chi connectivity index (χ0) is 27.7. The molecule has 3 N–H and O–H groups in total. The molecule has 0 aliphatic carbocycles. The lowest BCUT2D eigenvalue weighted by Gasteiger charge is -2.32. The van der Waals surface area contributed by atoms with Gasteiger partial charge >= 0.3 is 5.97 Å². The van der Waals surface area contributed by atoms with Gasteiger partial charge in [0.1, 0.15) is 0 Å². The second kappa shape index (κ2) is 10.6. The summed E-state index contributed by atoms with van der Waals surface area (Å²) in [6.07, 6.45) is 4.15. The van der Waals surface area contributed by atoms with Gasteiger partial charge in [0.05, 0.1) is 17.6 Å². The number of hydrogen-bond acceptors (Lipinski definition) is 6. The van der Waals surface area contributed by atoms with Crippen LogP contribution in [0.2, 0.25) is 0 Å². The van der Waals surface area contributed by atoms with E-state index in [1.54, 1.807) is 29.8 Å². The summed E-state index contributed by atoms with van der Waals surface area (Å²) in [5.41, 5.74) is 2.32. The molecule has 1 aliphatic rings. The molecule has 0 radical (unpaired) electrons. The molecule has 1 atom stereocenters. The molecule has 1 aliphatic heterocycles. The Morgan fingerprint density at radius 1 is 1.11 bits per heavy atom. The average Bonchev–Trinajstić information content (AvgIpc) is 3.31. The summed E-state index contributed by atoms with van der Waals surface area (Å²) in [7, 11) is -2.07. The van der Waals surface area contributed by atoms with Gasteiger partial charge in [0.2, 0.25) is 0 Å². The van der Waals surface area contributed by atoms with E-state index in [-0.39, 0.29) is 34.5 Å². The van der Waals surface area contributed by atoms with Gasteiger partial charge in [0.25, 0.3) is 15.9 Å². The maximum atomic E-state index is 13.0. The van der Waals surface area contributed by atoms with Gasteiger partial charge in [-0.05, 0) is 54.2 Å². The minimum Gasteiger partial charge on any atom is -0.478 e. The summed E-state index contributed by atoms with van der Waals surface area (Å²) in [6, 6.07) is 11.6.